The lowest BCUT2D eigenvalue weighted by molar-refractivity contribution is -0.138. The number of alkyl halides is 3. The van der Waals surface area contributed by atoms with Crippen LogP contribution in [0.3, 0.4) is 0 Å². The van der Waals surface area contributed by atoms with E-state index in [1.54, 1.807) is 12.1 Å². The van der Waals surface area contributed by atoms with E-state index < -0.39 is 16.8 Å². The summed E-state index contributed by atoms with van der Waals surface area (Å²) in [6, 6.07) is 8.45. The van der Waals surface area contributed by atoms with Gasteiger partial charge in [-0.05, 0) is 18.2 Å². The lowest BCUT2D eigenvalue weighted by atomic mass is 10.2. The largest absolute Gasteiger partial charge is 0.438 e. The highest BCUT2D eigenvalue weighted by Crippen LogP contribution is 2.41. The average molecular weight is 274 g/mol. The molecular weight excluding hydrogens is 267 g/mol. The number of ether oxygens (including phenoxy) is 1. The molecule has 0 saturated carbocycles. The van der Waals surface area contributed by atoms with Gasteiger partial charge in [-0.2, -0.15) is 13.2 Å². The molecule has 0 radical (unpaired) electrons. The van der Waals surface area contributed by atoms with Crippen molar-refractivity contribution in [3.05, 3.63) is 53.2 Å². The zero-order chi connectivity index (χ0) is 13.2. The van der Waals surface area contributed by atoms with Crippen LogP contribution in [0, 0.1) is 0 Å². The zero-order valence-electron chi connectivity index (χ0n) is 8.91. The van der Waals surface area contributed by atoms with Gasteiger partial charge in [-0.1, -0.05) is 23.7 Å². The molecule has 0 aliphatic carbocycles. The van der Waals surface area contributed by atoms with E-state index in [0.717, 1.165) is 6.07 Å². The van der Waals surface area contributed by atoms with Crippen LogP contribution in [0.4, 0.5) is 13.2 Å². The average Bonchev–Trinajstić information content (AvgIpc) is 2.28. The summed E-state index contributed by atoms with van der Waals surface area (Å²) in [5, 5.41) is -0.407. The Hall–Kier alpha value is -1.75. The van der Waals surface area contributed by atoms with Gasteiger partial charge in [0.1, 0.15) is 11.3 Å². The molecule has 0 unspecified atom stereocenters. The number of nitrogens with zero attached hydrogens (tertiary/aromatic N) is 1. The van der Waals surface area contributed by atoms with Gasteiger partial charge < -0.3 is 4.74 Å². The molecule has 0 aliphatic heterocycles. The highest BCUT2D eigenvalue weighted by atomic mass is 35.5. The molecule has 2 rings (SSSR count). The van der Waals surface area contributed by atoms with Crippen molar-refractivity contribution >= 4 is 11.6 Å². The monoisotopic (exact) mass is 273 g/mol. The van der Waals surface area contributed by atoms with Gasteiger partial charge in [0.05, 0.1) is 5.02 Å². The maximum Gasteiger partial charge on any atom is 0.421 e. The number of hydrogen-bond acceptors (Lipinski definition) is 2. The van der Waals surface area contributed by atoms with Crippen molar-refractivity contribution in [2.45, 2.75) is 6.18 Å². The minimum Gasteiger partial charge on any atom is -0.438 e. The fourth-order valence-electron chi connectivity index (χ4n) is 1.38. The molecule has 0 fully saturated rings. The van der Waals surface area contributed by atoms with Crippen molar-refractivity contribution in [1.82, 2.24) is 4.98 Å². The fraction of sp³-hybridized carbons (Fsp3) is 0.0833. The van der Waals surface area contributed by atoms with Crippen molar-refractivity contribution in [3.8, 4) is 11.6 Å². The van der Waals surface area contributed by atoms with Crippen LogP contribution in [0.2, 0.25) is 5.02 Å². The van der Waals surface area contributed by atoms with Crippen molar-refractivity contribution in [3.63, 3.8) is 0 Å². The van der Waals surface area contributed by atoms with Crippen molar-refractivity contribution in [2.24, 2.45) is 0 Å². The highest BCUT2D eigenvalue weighted by Gasteiger charge is 2.37. The molecule has 0 saturated heterocycles. The molecule has 0 amide bonds. The normalized spacial score (nSPS) is 11.3. The Morgan fingerprint density at radius 3 is 2.44 bits per heavy atom. The Morgan fingerprint density at radius 1 is 1.06 bits per heavy atom. The van der Waals surface area contributed by atoms with Crippen LogP contribution < -0.4 is 4.74 Å². The van der Waals surface area contributed by atoms with E-state index in [1.807, 2.05) is 0 Å². The van der Waals surface area contributed by atoms with Gasteiger partial charge in [0, 0.05) is 12.3 Å². The summed E-state index contributed by atoms with van der Waals surface area (Å²) in [4.78, 5) is 3.79. The molecular formula is C12H7ClF3NO. The summed E-state index contributed by atoms with van der Waals surface area (Å²) in [5.41, 5.74) is -1.00. The Balaban J connectivity index is 2.43. The van der Waals surface area contributed by atoms with E-state index in [0.29, 0.717) is 0 Å². The van der Waals surface area contributed by atoms with Gasteiger partial charge in [-0.3, -0.25) is 0 Å². The minimum absolute atomic E-state index is 0.0743. The molecule has 2 aromatic rings. The van der Waals surface area contributed by atoms with Crippen LogP contribution in [0.5, 0.6) is 11.6 Å². The van der Waals surface area contributed by atoms with E-state index in [9.17, 15) is 13.2 Å². The van der Waals surface area contributed by atoms with Crippen molar-refractivity contribution in [1.29, 1.82) is 0 Å². The van der Waals surface area contributed by atoms with Gasteiger partial charge in [0.15, 0.2) is 0 Å². The van der Waals surface area contributed by atoms with Gasteiger partial charge >= 0.3 is 6.18 Å². The topological polar surface area (TPSA) is 22.1 Å². The molecule has 0 bridgehead atoms. The number of aromatic nitrogens is 1. The Bertz CT molecular complexity index is 543. The van der Waals surface area contributed by atoms with E-state index in [2.05, 4.69) is 4.98 Å². The molecule has 0 N–H and O–H groups in total. The van der Waals surface area contributed by atoms with Crippen LogP contribution in [0.15, 0.2) is 42.6 Å². The number of benzene rings is 1. The smallest absolute Gasteiger partial charge is 0.421 e. The van der Waals surface area contributed by atoms with Gasteiger partial charge in [-0.25, -0.2) is 4.98 Å². The van der Waals surface area contributed by atoms with E-state index in [1.165, 1.54) is 24.4 Å². The number of halogens is 4. The van der Waals surface area contributed by atoms with Crippen LogP contribution in [0.25, 0.3) is 0 Å². The first-order valence-corrected chi connectivity index (χ1v) is 5.31. The van der Waals surface area contributed by atoms with Gasteiger partial charge in [0.25, 0.3) is 0 Å². The quantitative estimate of drug-likeness (QED) is 0.801. The van der Waals surface area contributed by atoms with E-state index in [-0.39, 0.29) is 11.6 Å². The maximum atomic E-state index is 12.8. The second-order valence-corrected chi connectivity index (χ2v) is 3.79. The molecule has 6 heteroatoms. The minimum atomic E-state index is -4.58. The lowest BCUT2D eigenvalue weighted by Crippen LogP contribution is -2.08. The van der Waals surface area contributed by atoms with Crippen LogP contribution in [-0.2, 0) is 6.18 Å². The summed E-state index contributed by atoms with van der Waals surface area (Å²) >= 11 is 5.56. The zero-order valence-corrected chi connectivity index (χ0v) is 9.66. The number of pyridine rings is 1. The SMILES string of the molecule is FC(F)(F)c1c(Cl)cccc1Oc1ccccn1. The maximum absolute atomic E-state index is 12.8. The third kappa shape index (κ3) is 2.73. The third-order valence-corrected chi connectivity index (χ3v) is 2.43. The Labute approximate surface area is 106 Å². The first kappa shape index (κ1) is 12.7. The molecule has 1 aromatic carbocycles. The highest BCUT2D eigenvalue weighted by molar-refractivity contribution is 6.31. The van der Waals surface area contributed by atoms with Crippen molar-refractivity contribution in [2.75, 3.05) is 0 Å². The molecule has 0 aliphatic rings. The Morgan fingerprint density at radius 2 is 1.83 bits per heavy atom. The van der Waals surface area contributed by atoms with E-state index >= 15 is 0 Å². The second kappa shape index (κ2) is 4.86. The fourth-order valence-corrected chi connectivity index (χ4v) is 1.66. The molecule has 94 valence electrons. The van der Waals surface area contributed by atoms with Crippen molar-refractivity contribution < 1.29 is 17.9 Å². The standard InChI is InChI=1S/C12H7ClF3NO/c13-8-4-3-5-9(11(8)12(14,15)16)18-10-6-1-2-7-17-10/h1-7H. The molecule has 0 atom stereocenters. The van der Waals surface area contributed by atoms with Gasteiger partial charge in [0.2, 0.25) is 5.88 Å². The summed E-state index contributed by atoms with van der Waals surface area (Å²) in [7, 11) is 0. The molecule has 18 heavy (non-hydrogen) atoms. The summed E-state index contributed by atoms with van der Waals surface area (Å²) in [5.74, 6) is -0.293. The second-order valence-electron chi connectivity index (χ2n) is 3.38. The number of rotatable bonds is 2. The lowest BCUT2D eigenvalue weighted by Gasteiger charge is -2.14. The third-order valence-electron chi connectivity index (χ3n) is 2.11. The summed E-state index contributed by atoms with van der Waals surface area (Å²) in [6.07, 6.45) is -3.16. The number of hydrogen-bond donors (Lipinski definition) is 0. The van der Waals surface area contributed by atoms with Crippen LogP contribution >= 0.6 is 11.6 Å². The Kier molecular flexibility index (Phi) is 3.43. The molecule has 1 aromatic heterocycles. The molecule has 0 spiro atoms. The first-order valence-electron chi connectivity index (χ1n) is 4.93. The summed E-state index contributed by atoms with van der Waals surface area (Å²) in [6.45, 7) is 0. The molecule has 1 heterocycles. The summed E-state index contributed by atoms with van der Waals surface area (Å²) < 4.78 is 43.6. The van der Waals surface area contributed by atoms with Crippen LogP contribution in [0.1, 0.15) is 5.56 Å². The predicted molar refractivity (Wildman–Crippen MR) is 60.8 cm³/mol. The van der Waals surface area contributed by atoms with Crippen LogP contribution in [-0.4, -0.2) is 4.98 Å². The first-order chi connectivity index (χ1) is 8.48. The predicted octanol–water partition coefficient (Wildman–Crippen LogP) is 4.55. The van der Waals surface area contributed by atoms with Gasteiger partial charge in [-0.15, -0.1) is 0 Å². The van der Waals surface area contributed by atoms with E-state index in [4.69, 9.17) is 16.3 Å². The molecule has 2 nitrogen and oxygen atoms in total.